The van der Waals surface area contributed by atoms with Gasteiger partial charge in [0, 0.05) is 10.4 Å². The third-order valence-electron chi connectivity index (χ3n) is 5.47. The normalized spacial score (nSPS) is 12.8. The lowest BCUT2D eigenvalue weighted by Crippen LogP contribution is -2.22. The first-order valence-corrected chi connectivity index (χ1v) is 11.9. The molecule has 7 heteroatoms. The number of aromatic nitrogens is 2. The van der Waals surface area contributed by atoms with E-state index in [1.165, 1.54) is 16.6 Å². The Morgan fingerprint density at radius 2 is 1.90 bits per heavy atom. The van der Waals surface area contributed by atoms with Crippen molar-refractivity contribution in [3.8, 4) is 11.4 Å². The molecule has 2 aromatic carbocycles. The van der Waals surface area contributed by atoms with Crippen molar-refractivity contribution >= 4 is 39.1 Å². The molecule has 0 unspecified atom stereocenters. The summed E-state index contributed by atoms with van der Waals surface area (Å²) in [5, 5.41) is 1.26. The van der Waals surface area contributed by atoms with Crippen molar-refractivity contribution in [1.29, 1.82) is 0 Å². The summed E-state index contributed by atoms with van der Waals surface area (Å²) in [6.07, 6.45) is 3.02. The van der Waals surface area contributed by atoms with Crippen LogP contribution < -0.4 is 10.3 Å². The van der Waals surface area contributed by atoms with E-state index in [0.29, 0.717) is 16.4 Å². The molecule has 4 aromatic rings. The molecule has 0 aliphatic heterocycles. The molecule has 0 fully saturated rings. The SMILES string of the molecule is COc1ccc(-n2c(SCC(=O)c3ccccc3)nc3sc4c(c3c2=O)CCC4)cc1. The van der Waals surface area contributed by atoms with Crippen molar-refractivity contribution < 1.29 is 9.53 Å². The van der Waals surface area contributed by atoms with Gasteiger partial charge in [0.25, 0.3) is 5.56 Å². The van der Waals surface area contributed by atoms with Crippen LogP contribution in [0.5, 0.6) is 5.75 Å². The van der Waals surface area contributed by atoms with E-state index in [9.17, 15) is 9.59 Å². The number of thiophene rings is 1. The number of nitrogens with zero attached hydrogens (tertiary/aromatic N) is 2. The number of ether oxygens (including phenoxy) is 1. The van der Waals surface area contributed by atoms with Crippen LogP contribution in [0.15, 0.2) is 64.5 Å². The summed E-state index contributed by atoms with van der Waals surface area (Å²) in [5.41, 5.74) is 2.46. The van der Waals surface area contributed by atoms with Gasteiger partial charge in [-0.05, 0) is 49.1 Å². The molecule has 31 heavy (non-hydrogen) atoms. The minimum absolute atomic E-state index is 0.00917. The lowest BCUT2D eigenvalue weighted by atomic mass is 10.2. The van der Waals surface area contributed by atoms with Crippen molar-refractivity contribution in [1.82, 2.24) is 9.55 Å². The second kappa shape index (κ2) is 8.32. The highest BCUT2D eigenvalue weighted by Gasteiger charge is 2.24. The summed E-state index contributed by atoms with van der Waals surface area (Å²) in [6.45, 7) is 0. The molecule has 0 atom stereocenters. The predicted octanol–water partition coefficient (Wildman–Crippen LogP) is 4.92. The smallest absolute Gasteiger partial charge is 0.267 e. The molecule has 0 N–H and O–H groups in total. The van der Waals surface area contributed by atoms with E-state index in [4.69, 9.17) is 9.72 Å². The number of hydrogen-bond acceptors (Lipinski definition) is 6. The number of methoxy groups -OCH3 is 1. The zero-order valence-corrected chi connectivity index (χ0v) is 18.6. The Bertz CT molecular complexity index is 1330. The van der Waals surface area contributed by atoms with Crippen molar-refractivity contribution in [2.24, 2.45) is 0 Å². The van der Waals surface area contributed by atoms with E-state index < -0.39 is 0 Å². The van der Waals surface area contributed by atoms with Gasteiger partial charge < -0.3 is 4.74 Å². The average molecular weight is 449 g/mol. The maximum Gasteiger partial charge on any atom is 0.267 e. The number of aryl methyl sites for hydroxylation is 2. The van der Waals surface area contributed by atoms with Crippen LogP contribution in [0.25, 0.3) is 15.9 Å². The van der Waals surface area contributed by atoms with E-state index >= 15 is 0 Å². The second-order valence-corrected chi connectivity index (χ2v) is 9.37. The summed E-state index contributed by atoms with van der Waals surface area (Å²) < 4.78 is 6.90. The number of rotatable bonds is 6. The number of thioether (sulfide) groups is 1. The van der Waals surface area contributed by atoms with Crippen molar-refractivity contribution in [2.45, 2.75) is 24.4 Å². The lowest BCUT2D eigenvalue weighted by molar-refractivity contribution is 0.102. The van der Waals surface area contributed by atoms with Crippen LogP contribution in [0.2, 0.25) is 0 Å². The fourth-order valence-corrected chi connectivity index (χ4v) is 6.13. The molecule has 0 spiro atoms. The first-order chi connectivity index (χ1) is 15.2. The van der Waals surface area contributed by atoms with E-state index in [1.54, 1.807) is 35.1 Å². The van der Waals surface area contributed by atoms with Crippen LogP contribution >= 0.6 is 23.1 Å². The maximum atomic E-state index is 13.6. The van der Waals surface area contributed by atoms with E-state index in [0.717, 1.165) is 40.8 Å². The third-order valence-corrected chi connectivity index (χ3v) is 7.59. The van der Waals surface area contributed by atoms with Crippen molar-refractivity contribution in [3.05, 3.63) is 81.0 Å². The standard InChI is InChI=1S/C24H20N2O3S2/c1-29-17-12-10-16(11-13-17)26-23(28)21-18-8-5-9-20(18)31-22(21)25-24(26)30-14-19(27)15-6-3-2-4-7-15/h2-4,6-7,10-13H,5,8-9,14H2,1H3. The summed E-state index contributed by atoms with van der Waals surface area (Å²) in [4.78, 5) is 33.2. The Morgan fingerprint density at radius 1 is 1.13 bits per heavy atom. The van der Waals surface area contributed by atoms with Gasteiger partial charge in [0.05, 0.1) is 23.9 Å². The Kier molecular flexibility index (Phi) is 5.38. The molecule has 0 bridgehead atoms. The minimum Gasteiger partial charge on any atom is -0.497 e. The minimum atomic E-state index is -0.0655. The second-order valence-electron chi connectivity index (χ2n) is 7.35. The first kappa shape index (κ1) is 20.0. The van der Waals surface area contributed by atoms with Gasteiger partial charge in [0.15, 0.2) is 10.9 Å². The van der Waals surface area contributed by atoms with Gasteiger partial charge in [-0.3, -0.25) is 14.2 Å². The van der Waals surface area contributed by atoms with Gasteiger partial charge in [-0.25, -0.2) is 4.98 Å². The van der Waals surface area contributed by atoms with Crippen molar-refractivity contribution in [2.75, 3.05) is 12.9 Å². The lowest BCUT2D eigenvalue weighted by Gasteiger charge is -2.13. The summed E-state index contributed by atoms with van der Waals surface area (Å²) in [6, 6.07) is 16.6. The summed E-state index contributed by atoms with van der Waals surface area (Å²) in [5.74, 6) is 0.939. The number of fused-ring (bicyclic) bond motifs is 3. The Morgan fingerprint density at radius 3 is 2.65 bits per heavy atom. The highest BCUT2D eigenvalue weighted by atomic mass is 32.2. The fraction of sp³-hybridized carbons (Fsp3) is 0.208. The molecule has 1 aliphatic rings. The molecule has 2 aromatic heterocycles. The van der Waals surface area contributed by atoms with E-state index in [-0.39, 0.29) is 17.1 Å². The molecule has 0 saturated heterocycles. The van der Waals surface area contributed by atoms with Crippen LogP contribution in [0.4, 0.5) is 0 Å². The Labute approximate surface area is 187 Å². The molecule has 5 nitrogen and oxygen atoms in total. The quantitative estimate of drug-likeness (QED) is 0.238. The monoisotopic (exact) mass is 448 g/mol. The first-order valence-electron chi connectivity index (χ1n) is 10.1. The number of hydrogen-bond donors (Lipinski definition) is 0. The van der Waals surface area contributed by atoms with Crippen LogP contribution in [0, 0.1) is 0 Å². The maximum absolute atomic E-state index is 13.6. The van der Waals surface area contributed by atoms with Crippen LogP contribution in [-0.2, 0) is 12.8 Å². The Balaban J connectivity index is 1.60. The molecule has 156 valence electrons. The van der Waals surface area contributed by atoms with Gasteiger partial charge in [-0.15, -0.1) is 11.3 Å². The number of carbonyl (C=O) groups excluding carboxylic acids is 1. The molecular weight excluding hydrogens is 428 g/mol. The number of Topliss-reactive ketones (excluding diaryl/α,β-unsaturated/α-hetero) is 1. The summed E-state index contributed by atoms with van der Waals surface area (Å²) in [7, 11) is 1.61. The zero-order chi connectivity index (χ0) is 21.4. The number of benzene rings is 2. The number of carbonyl (C=O) groups is 1. The molecular formula is C24H20N2O3S2. The molecule has 5 rings (SSSR count). The van der Waals surface area contributed by atoms with Crippen molar-refractivity contribution in [3.63, 3.8) is 0 Å². The average Bonchev–Trinajstić information content (AvgIpc) is 3.39. The third kappa shape index (κ3) is 3.68. The van der Waals surface area contributed by atoms with Gasteiger partial charge in [-0.1, -0.05) is 42.1 Å². The highest BCUT2D eigenvalue weighted by molar-refractivity contribution is 7.99. The van der Waals surface area contributed by atoms with Gasteiger partial charge in [0.1, 0.15) is 10.6 Å². The molecule has 2 heterocycles. The largest absolute Gasteiger partial charge is 0.497 e. The molecule has 0 saturated carbocycles. The zero-order valence-electron chi connectivity index (χ0n) is 17.0. The van der Waals surface area contributed by atoms with Gasteiger partial charge in [-0.2, -0.15) is 0 Å². The van der Waals surface area contributed by atoms with Crippen LogP contribution in [-0.4, -0.2) is 28.2 Å². The van der Waals surface area contributed by atoms with Gasteiger partial charge in [0.2, 0.25) is 0 Å². The topological polar surface area (TPSA) is 61.2 Å². The van der Waals surface area contributed by atoms with Crippen LogP contribution in [0.3, 0.4) is 0 Å². The fourth-order valence-electron chi connectivity index (χ4n) is 3.92. The Hall–Kier alpha value is -2.90. The molecule has 1 aliphatic carbocycles. The molecule has 0 amide bonds. The predicted molar refractivity (Wildman–Crippen MR) is 125 cm³/mol. The van der Waals surface area contributed by atoms with Crippen LogP contribution in [0.1, 0.15) is 27.2 Å². The highest BCUT2D eigenvalue weighted by Crippen LogP contribution is 2.36. The molecule has 0 radical (unpaired) electrons. The van der Waals surface area contributed by atoms with E-state index in [2.05, 4.69) is 0 Å². The summed E-state index contributed by atoms with van der Waals surface area (Å²) >= 11 is 2.91. The van der Waals surface area contributed by atoms with E-state index in [1.807, 2.05) is 42.5 Å². The number of ketones is 1. The van der Waals surface area contributed by atoms with Gasteiger partial charge >= 0.3 is 0 Å².